The lowest BCUT2D eigenvalue weighted by molar-refractivity contribution is 0.517. The van der Waals surface area contributed by atoms with Crippen molar-refractivity contribution in [2.75, 3.05) is 0 Å². The molecule has 0 amide bonds. The van der Waals surface area contributed by atoms with Crippen LogP contribution in [-0.4, -0.2) is 9.55 Å². The predicted octanol–water partition coefficient (Wildman–Crippen LogP) is 2.34. The zero-order valence-electron chi connectivity index (χ0n) is 9.61. The van der Waals surface area contributed by atoms with Gasteiger partial charge < -0.3 is 5.73 Å². The third-order valence-corrected chi connectivity index (χ3v) is 2.47. The van der Waals surface area contributed by atoms with Crippen LogP contribution >= 0.6 is 0 Å². The highest BCUT2D eigenvalue weighted by atomic mass is 19.1. The van der Waals surface area contributed by atoms with E-state index in [1.54, 1.807) is 20.0 Å². The quantitative estimate of drug-likeness (QED) is 0.871. The number of hydrogen-bond donors (Lipinski definition) is 1. The van der Waals surface area contributed by atoms with Crippen LogP contribution in [0.1, 0.15) is 19.5 Å². The van der Waals surface area contributed by atoms with Gasteiger partial charge in [-0.15, -0.1) is 0 Å². The van der Waals surface area contributed by atoms with Crippen molar-refractivity contribution in [1.82, 2.24) is 9.55 Å². The third-order valence-electron chi connectivity index (χ3n) is 2.47. The maximum absolute atomic E-state index is 13.7. The van der Waals surface area contributed by atoms with Crippen LogP contribution in [0.25, 0.3) is 5.69 Å². The molecule has 1 aromatic carbocycles. The predicted molar refractivity (Wildman–Crippen MR) is 60.7 cm³/mol. The molecule has 5 heteroatoms. The van der Waals surface area contributed by atoms with Gasteiger partial charge in [-0.05, 0) is 26.0 Å². The van der Waals surface area contributed by atoms with Crippen LogP contribution in [-0.2, 0) is 5.54 Å². The van der Waals surface area contributed by atoms with Gasteiger partial charge in [-0.25, -0.2) is 13.8 Å². The number of benzene rings is 1. The van der Waals surface area contributed by atoms with E-state index in [9.17, 15) is 8.78 Å². The van der Waals surface area contributed by atoms with Crippen LogP contribution in [0, 0.1) is 11.6 Å². The van der Waals surface area contributed by atoms with Gasteiger partial charge in [0.05, 0.1) is 29.4 Å². The van der Waals surface area contributed by atoms with Crippen molar-refractivity contribution in [1.29, 1.82) is 0 Å². The van der Waals surface area contributed by atoms with Gasteiger partial charge in [-0.1, -0.05) is 0 Å². The Hall–Kier alpha value is -1.75. The number of nitrogens with zero attached hydrogens (tertiary/aromatic N) is 2. The summed E-state index contributed by atoms with van der Waals surface area (Å²) in [4.78, 5) is 3.95. The summed E-state index contributed by atoms with van der Waals surface area (Å²) in [7, 11) is 0. The summed E-state index contributed by atoms with van der Waals surface area (Å²) in [5.41, 5.74) is 6.20. The highest BCUT2D eigenvalue weighted by Gasteiger charge is 2.21. The summed E-state index contributed by atoms with van der Waals surface area (Å²) >= 11 is 0. The van der Waals surface area contributed by atoms with E-state index in [1.165, 1.54) is 23.0 Å². The second-order valence-corrected chi connectivity index (χ2v) is 4.47. The maximum atomic E-state index is 13.7. The van der Waals surface area contributed by atoms with Crippen molar-refractivity contribution >= 4 is 0 Å². The summed E-state index contributed by atoms with van der Waals surface area (Å²) < 4.78 is 28.0. The molecule has 0 saturated carbocycles. The summed E-state index contributed by atoms with van der Waals surface area (Å²) in [5, 5.41) is 0. The molecular formula is C12H13F2N3. The van der Waals surface area contributed by atoms with E-state index in [0.29, 0.717) is 5.69 Å². The number of aromatic nitrogens is 2. The third kappa shape index (κ3) is 2.19. The summed E-state index contributed by atoms with van der Waals surface area (Å²) in [5.74, 6) is -1.26. The molecule has 0 radical (unpaired) electrons. The van der Waals surface area contributed by atoms with Crippen LogP contribution in [0.15, 0.2) is 30.7 Å². The molecule has 90 valence electrons. The normalized spacial score (nSPS) is 11.8. The fraction of sp³-hybridized carbons (Fsp3) is 0.250. The first kappa shape index (κ1) is 11.7. The maximum Gasteiger partial charge on any atom is 0.150 e. The molecule has 17 heavy (non-hydrogen) atoms. The lowest BCUT2D eigenvalue weighted by Gasteiger charge is -2.20. The van der Waals surface area contributed by atoms with E-state index in [0.717, 1.165) is 6.07 Å². The van der Waals surface area contributed by atoms with E-state index in [-0.39, 0.29) is 5.69 Å². The molecular weight excluding hydrogens is 224 g/mol. The van der Waals surface area contributed by atoms with E-state index in [4.69, 9.17) is 5.73 Å². The fourth-order valence-electron chi connectivity index (χ4n) is 1.64. The summed E-state index contributed by atoms with van der Waals surface area (Å²) in [6.07, 6.45) is 3.03. The van der Waals surface area contributed by atoms with E-state index in [1.807, 2.05) is 0 Å². The average Bonchev–Trinajstić information content (AvgIpc) is 2.65. The van der Waals surface area contributed by atoms with Gasteiger partial charge in [0, 0.05) is 6.07 Å². The average molecular weight is 237 g/mol. The smallest absolute Gasteiger partial charge is 0.150 e. The molecule has 0 bridgehead atoms. The van der Waals surface area contributed by atoms with Gasteiger partial charge in [0.2, 0.25) is 0 Å². The van der Waals surface area contributed by atoms with Crippen LogP contribution in [0.5, 0.6) is 0 Å². The fourth-order valence-corrected chi connectivity index (χ4v) is 1.64. The molecule has 0 aliphatic heterocycles. The molecule has 0 spiro atoms. The molecule has 2 aromatic rings. The van der Waals surface area contributed by atoms with E-state index >= 15 is 0 Å². The largest absolute Gasteiger partial charge is 0.321 e. The van der Waals surface area contributed by atoms with Crippen molar-refractivity contribution in [3.8, 4) is 5.69 Å². The molecule has 0 aliphatic rings. The second-order valence-electron chi connectivity index (χ2n) is 4.47. The molecule has 0 saturated heterocycles. The number of rotatable bonds is 2. The van der Waals surface area contributed by atoms with Crippen LogP contribution in [0.3, 0.4) is 0 Å². The first-order valence-electron chi connectivity index (χ1n) is 5.17. The zero-order chi connectivity index (χ0) is 12.6. The first-order chi connectivity index (χ1) is 7.89. The number of halogens is 2. The highest BCUT2D eigenvalue weighted by Crippen LogP contribution is 2.22. The molecule has 0 fully saturated rings. The molecule has 1 aromatic heterocycles. The Balaban J connectivity index is 2.58. The number of imidazole rings is 1. The number of nitrogens with two attached hydrogens (primary N) is 1. The summed E-state index contributed by atoms with van der Waals surface area (Å²) in [6, 6.07) is 3.40. The Morgan fingerprint density at radius 2 is 2.00 bits per heavy atom. The highest BCUT2D eigenvalue weighted by molar-refractivity contribution is 5.36. The van der Waals surface area contributed by atoms with Gasteiger partial charge in [0.1, 0.15) is 11.6 Å². The van der Waals surface area contributed by atoms with Gasteiger partial charge in [-0.3, -0.25) is 4.57 Å². The van der Waals surface area contributed by atoms with Crippen molar-refractivity contribution in [2.45, 2.75) is 19.4 Å². The lowest BCUT2D eigenvalue weighted by atomic mass is 10.0. The Labute approximate surface area is 97.9 Å². The Kier molecular flexibility index (Phi) is 2.71. The van der Waals surface area contributed by atoms with Crippen molar-refractivity contribution in [3.63, 3.8) is 0 Å². The van der Waals surface area contributed by atoms with Crippen LogP contribution < -0.4 is 5.73 Å². The van der Waals surface area contributed by atoms with Gasteiger partial charge in [0.15, 0.2) is 0 Å². The minimum atomic E-state index is -0.655. The second kappa shape index (κ2) is 3.92. The monoisotopic (exact) mass is 237 g/mol. The molecule has 2 N–H and O–H groups in total. The Morgan fingerprint density at radius 1 is 1.29 bits per heavy atom. The van der Waals surface area contributed by atoms with E-state index < -0.39 is 17.2 Å². The molecule has 0 aliphatic carbocycles. The van der Waals surface area contributed by atoms with Crippen molar-refractivity contribution < 1.29 is 8.78 Å². The van der Waals surface area contributed by atoms with Crippen LogP contribution in [0.4, 0.5) is 8.78 Å². The molecule has 2 rings (SSSR count). The topological polar surface area (TPSA) is 43.8 Å². The molecule has 3 nitrogen and oxygen atoms in total. The standard InChI is InChI=1S/C12H13F2N3/c1-12(2,15)11-6-16-7-17(11)10-4-3-8(13)5-9(10)14/h3-7H,15H2,1-2H3. The minimum Gasteiger partial charge on any atom is -0.321 e. The Morgan fingerprint density at radius 3 is 2.59 bits per heavy atom. The van der Waals surface area contributed by atoms with Gasteiger partial charge >= 0.3 is 0 Å². The Bertz CT molecular complexity index is 541. The van der Waals surface area contributed by atoms with Crippen molar-refractivity contribution in [2.24, 2.45) is 5.73 Å². The number of hydrogen-bond acceptors (Lipinski definition) is 2. The zero-order valence-corrected chi connectivity index (χ0v) is 9.61. The first-order valence-corrected chi connectivity index (χ1v) is 5.17. The van der Waals surface area contributed by atoms with Gasteiger partial charge in [0.25, 0.3) is 0 Å². The minimum absolute atomic E-state index is 0.234. The molecule has 0 unspecified atom stereocenters. The summed E-state index contributed by atoms with van der Waals surface area (Å²) in [6.45, 7) is 3.59. The van der Waals surface area contributed by atoms with Crippen molar-refractivity contribution in [3.05, 3.63) is 48.1 Å². The SMILES string of the molecule is CC(C)(N)c1cncn1-c1ccc(F)cc1F. The lowest BCUT2D eigenvalue weighted by Crippen LogP contribution is -2.31. The molecule has 0 atom stereocenters. The molecule has 1 heterocycles. The van der Waals surface area contributed by atoms with Crippen LogP contribution in [0.2, 0.25) is 0 Å². The van der Waals surface area contributed by atoms with E-state index in [2.05, 4.69) is 4.98 Å². The van der Waals surface area contributed by atoms with Gasteiger partial charge in [-0.2, -0.15) is 0 Å².